The molecule has 4 rings (SSSR count). The second kappa shape index (κ2) is 19.1. The first kappa shape index (κ1) is 36.0. The summed E-state index contributed by atoms with van der Waals surface area (Å²) in [7, 11) is 0. The van der Waals surface area contributed by atoms with Gasteiger partial charge in [-0.1, -0.05) is 56.9 Å². The molecule has 2 saturated carbocycles. The van der Waals surface area contributed by atoms with E-state index in [1.807, 2.05) is 6.92 Å². The molecular formula is C38H54F4O2. The number of rotatable bonds is 13. The summed E-state index contributed by atoms with van der Waals surface area (Å²) in [5.74, 6) is -1.25. The van der Waals surface area contributed by atoms with Crippen molar-refractivity contribution in [2.45, 2.75) is 129 Å². The lowest BCUT2D eigenvalue weighted by atomic mass is 9.77. The third-order valence-electron chi connectivity index (χ3n) is 9.52. The minimum atomic E-state index is -0.838. The second-order valence-corrected chi connectivity index (χ2v) is 12.5. The van der Waals surface area contributed by atoms with Crippen LogP contribution in [-0.4, -0.2) is 13.2 Å². The summed E-state index contributed by atoms with van der Waals surface area (Å²) in [6.45, 7) is 8.48. The highest BCUT2D eigenvalue weighted by Crippen LogP contribution is 2.41. The van der Waals surface area contributed by atoms with Crippen molar-refractivity contribution in [1.29, 1.82) is 0 Å². The van der Waals surface area contributed by atoms with E-state index in [2.05, 4.69) is 19.1 Å². The summed E-state index contributed by atoms with van der Waals surface area (Å²) in [4.78, 5) is 0. The van der Waals surface area contributed by atoms with E-state index in [1.165, 1.54) is 32.1 Å². The van der Waals surface area contributed by atoms with Crippen LogP contribution in [0.15, 0.2) is 36.4 Å². The van der Waals surface area contributed by atoms with E-state index in [4.69, 9.17) is 9.47 Å². The molecule has 2 fully saturated rings. The van der Waals surface area contributed by atoms with E-state index in [9.17, 15) is 17.6 Å². The Hall–Kier alpha value is -2.50. The summed E-state index contributed by atoms with van der Waals surface area (Å²) >= 11 is 0. The normalized spacial score (nSPS) is 22.0. The Kier molecular flexibility index (Phi) is 15.6. The largest absolute Gasteiger partial charge is 0.491 e. The van der Waals surface area contributed by atoms with Crippen LogP contribution in [0, 0.1) is 35.1 Å². The fourth-order valence-electron chi connectivity index (χ4n) is 6.96. The van der Waals surface area contributed by atoms with Gasteiger partial charge in [0.1, 0.15) is 0 Å². The van der Waals surface area contributed by atoms with E-state index >= 15 is 0 Å². The molecule has 0 amide bonds. The Labute approximate surface area is 263 Å². The van der Waals surface area contributed by atoms with Gasteiger partial charge in [0.15, 0.2) is 23.1 Å². The van der Waals surface area contributed by atoms with Crippen LogP contribution in [0.3, 0.4) is 0 Å². The molecule has 44 heavy (non-hydrogen) atoms. The first-order valence-corrected chi connectivity index (χ1v) is 17.2. The van der Waals surface area contributed by atoms with Gasteiger partial charge in [-0.05, 0) is 132 Å². The zero-order chi connectivity index (χ0) is 31.9. The quantitative estimate of drug-likeness (QED) is 0.126. The smallest absolute Gasteiger partial charge is 0.200 e. The molecule has 0 aromatic heterocycles. The molecule has 246 valence electrons. The Bertz CT molecular complexity index is 1150. The average Bonchev–Trinajstić information content (AvgIpc) is 3.04. The van der Waals surface area contributed by atoms with E-state index in [0.29, 0.717) is 24.3 Å². The fraction of sp³-hybridized carbons (Fsp3) is 0.632. The molecule has 0 unspecified atom stereocenters. The lowest BCUT2D eigenvalue weighted by Crippen LogP contribution is -2.15. The van der Waals surface area contributed by atoms with Gasteiger partial charge in [-0.25, -0.2) is 8.78 Å². The van der Waals surface area contributed by atoms with Crippen LogP contribution >= 0.6 is 0 Å². The number of hydrogen-bond donors (Lipinski definition) is 0. The van der Waals surface area contributed by atoms with Gasteiger partial charge in [-0.15, -0.1) is 0 Å². The molecule has 2 aliphatic rings. The molecule has 0 atom stereocenters. The van der Waals surface area contributed by atoms with Crippen LogP contribution in [0.4, 0.5) is 17.6 Å². The molecule has 0 radical (unpaired) electrons. The Morgan fingerprint density at radius 3 is 1.48 bits per heavy atom. The van der Waals surface area contributed by atoms with Crippen molar-refractivity contribution in [1.82, 2.24) is 0 Å². The monoisotopic (exact) mass is 618 g/mol. The Morgan fingerprint density at radius 2 is 1.07 bits per heavy atom. The van der Waals surface area contributed by atoms with E-state index < -0.39 is 23.3 Å². The predicted octanol–water partition coefficient (Wildman–Crippen LogP) is 12.2. The van der Waals surface area contributed by atoms with Crippen LogP contribution in [0.1, 0.15) is 141 Å². The maximum absolute atomic E-state index is 14.3. The second-order valence-electron chi connectivity index (χ2n) is 12.5. The lowest BCUT2D eigenvalue weighted by Gasteiger charge is -2.29. The van der Waals surface area contributed by atoms with Gasteiger partial charge in [-0.2, -0.15) is 8.78 Å². The highest BCUT2D eigenvalue weighted by Gasteiger charge is 2.27. The maximum Gasteiger partial charge on any atom is 0.200 e. The molecule has 0 spiro atoms. The number of ether oxygens (including phenoxy) is 2. The van der Waals surface area contributed by atoms with Crippen molar-refractivity contribution >= 4 is 0 Å². The van der Waals surface area contributed by atoms with E-state index in [0.717, 1.165) is 69.6 Å². The topological polar surface area (TPSA) is 18.5 Å². The van der Waals surface area contributed by atoms with Crippen LogP contribution in [-0.2, 0) is 0 Å². The molecule has 2 aliphatic carbocycles. The van der Waals surface area contributed by atoms with Gasteiger partial charge in [0.2, 0.25) is 11.6 Å². The molecule has 2 aromatic rings. The minimum Gasteiger partial charge on any atom is -0.491 e. The van der Waals surface area contributed by atoms with Gasteiger partial charge in [0, 0.05) is 0 Å². The lowest BCUT2D eigenvalue weighted by molar-refractivity contribution is 0.292. The molecule has 6 heteroatoms. The van der Waals surface area contributed by atoms with Crippen LogP contribution in [0.2, 0.25) is 0 Å². The third-order valence-corrected chi connectivity index (χ3v) is 9.52. The SMILES string of the molecule is C/C=C/CCC1CCC(c2ccc(OCC)c(F)c2F)CC1.CCCCCC1CCC(c2ccc(OCC)c(F)c2F)CC1. The standard InChI is InChI=1S/C19H28F2O.C19H26F2O/c2*1-3-5-6-7-14-8-10-15(11-9-14)16-12-13-17(22-4-2)19(21)18(16)20/h12-15H,3-11H2,1-2H3;3,5,12-15H,4,6-11H2,1-2H3/b;5-3+. The number of hydrogen-bond acceptors (Lipinski definition) is 2. The summed E-state index contributed by atoms with van der Waals surface area (Å²) in [5, 5.41) is 0. The van der Waals surface area contributed by atoms with Gasteiger partial charge < -0.3 is 9.47 Å². The van der Waals surface area contributed by atoms with Crippen molar-refractivity contribution in [3.63, 3.8) is 0 Å². The van der Waals surface area contributed by atoms with Gasteiger partial charge in [0.25, 0.3) is 0 Å². The molecule has 0 heterocycles. The first-order valence-electron chi connectivity index (χ1n) is 17.2. The van der Waals surface area contributed by atoms with E-state index in [-0.39, 0.29) is 23.3 Å². The highest BCUT2D eigenvalue weighted by atomic mass is 19.2. The molecule has 0 saturated heterocycles. The van der Waals surface area contributed by atoms with E-state index in [1.54, 1.807) is 38.1 Å². The Morgan fingerprint density at radius 1 is 0.614 bits per heavy atom. The molecule has 0 bridgehead atoms. The summed E-state index contributed by atoms with van der Waals surface area (Å²) in [6, 6.07) is 6.56. The van der Waals surface area contributed by atoms with Gasteiger partial charge >= 0.3 is 0 Å². The van der Waals surface area contributed by atoms with Crippen molar-refractivity contribution < 1.29 is 27.0 Å². The summed E-state index contributed by atoms with van der Waals surface area (Å²) in [5.41, 5.74) is 1.06. The average molecular weight is 619 g/mol. The minimum absolute atomic E-state index is 0.0174. The summed E-state index contributed by atoms with van der Waals surface area (Å²) < 4.78 is 66.7. The fourth-order valence-corrected chi connectivity index (χ4v) is 6.96. The van der Waals surface area contributed by atoms with Crippen molar-refractivity contribution in [2.75, 3.05) is 13.2 Å². The number of unbranched alkanes of at least 4 members (excludes halogenated alkanes) is 2. The van der Waals surface area contributed by atoms with Crippen LogP contribution in [0.5, 0.6) is 11.5 Å². The highest BCUT2D eigenvalue weighted by molar-refractivity contribution is 5.34. The zero-order valence-corrected chi connectivity index (χ0v) is 27.4. The summed E-state index contributed by atoms with van der Waals surface area (Å²) in [6.07, 6.45) is 20.1. The number of benzene rings is 2. The molecule has 2 nitrogen and oxygen atoms in total. The maximum atomic E-state index is 14.3. The molecular weight excluding hydrogens is 564 g/mol. The van der Waals surface area contributed by atoms with Crippen molar-refractivity contribution in [3.05, 3.63) is 70.8 Å². The first-order chi connectivity index (χ1) is 21.3. The molecule has 2 aromatic carbocycles. The number of allylic oxidation sites excluding steroid dienone is 2. The van der Waals surface area contributed by atoms with Gasteiger partial charge in [0.05, 0.1) is 13.2 Å². The zero-order valence-electron chi connectivity index (χ0n) is 27.4. The Balaban J connectivity index is 0.000000240. The predicted molar refractivity (Wildman–Crippen MR) is 173 cm³/mol. The van der Waals surface area contributed by atoms with Crippen molar-refractivity contribution in [2.24, 2.45) is 11.8 Å². The van der Waals surface area contributed by atoms with Crippen LogP contribution in [0.25, 0.3) is 0 Å². The molecule has 0 aliphatic heterocycles. The third kappa shape index (κ3) is 10.3. The number of halogens is 4. The van der Waals surface area contributed by atoms with Crippen molar-refractivity contribution in [3.8, 4) is 11.5 Å². The molecule has 0 N–H and O–H groups in total. The van der Waals surface area contributed by atoms with Crippen LogP contribution < -0.4 is 9.47 Å². The van der Waals surface area contributed by atoms with Gasteiger partial charge in [-0.3, -0.25) is 0 Å².